The molecule has 146 valence electrons. The minimum Gasteiger partial charge on any atom is -0.366 e. The largest absolute Gasteiger partial charge is 0.366 e. The van der Waals surface area contributed by atoms with E-state index in [1.165, 1.54) is 0 Å². The van der Waals surface area contributed by atoms with Gasteiger partial charge in [-0.05, 0) is 29.9 Å². The van der Waals surface area contributed by atoms with E-state index in [4.69, 9.17) is 12.2 Å². The quantitative estimate of drug-likeness (QED) is 0.777. The number of piperazine rings is 1. The molecular formula is C21H24N4O2S. The van der Waals surface area contributed by atoms with Crippen molar-refractivity contribution in [1.82, 2.24) is 10.2 Å². The van der Waals surface area contributed by atoms with Crippen LogP contribution >= 0.6 is 12.2 Å². The van der Waals surface area contributed by atoms with Gasteiger partial charge in [0, 0.05) is 33.1 Å². The summed E-state index contributed by atoms with van der Waals surface area (Å²) in [6, 6.07) is 17.4. The van der Waals surface area contributed by atoms with Crippen molar-refractivity contribution in [3.8, 4) is 0 Å². The predicted molar refractivity (Wildman–Crippen MR) is 115 cm³/mol. The van der Waals surface area contributed by atoms with Crippen LogP contribution in [0.25, 0.3) is 0 Å². The van der Waals surface area contributed by atoms with E-state index in [1.54, 1.807) is 6.92 Å². The van der Waals surface area contributed by atoms with Gasteiger partial charge in [-0.15, -0.1) is 0 Å². The van der Waals surface area contributed by atoms with Crippen LogP contribution in [-0.4, -0.2) is 48.0 Å². The van der Waals surface area contributed by atoms with E-state index in [0.717, 1.165) is 30.0 Å². The molecule has 28 heavy (non-hydrogen) atoms. The second-order valence-electron chi connectivity index (χ2n) is 6.67. The number of rotatable bonds is 4. The standard InChI is InChI=1S/C21H24N4O2S/c1-16(26)24-11-13-25(14-12-24)19-10-6-5-9-18(19)22-21(28)23-20(27)15-17-7-3-2-4-8-17/h2-10H,11-15H2,1H3,(H2,22,23,27,28). The Morgan fingerprint density at radius 3 is 2.29 bits per heavy atom. The molecule has 0 saturated carbocycles. The van der Waals surface area contributed by atoms with Gasteiger partial charge in [-0.2, -0.15) is 0 Å². The van der Waals surface area contributed by atoms with Crippen LogP contribution < -0.4 is 15.5 Å². The lowest BCUT2D eigenvalue weighted by atomic mass is 10.1. The number of hydrogen-bond donors (Lipinski definition) is 2. The second-order valence-corrected chi connectivity index (χ2v) is 7.08. The van der Waals surface area contributed by atoms with Gasteiger partial charge in [0.2, 0.25) is 11.8 Å². The van der Waals surface area contributed by atoms with Gasteiger partial charge in [0.05, 0.1) is 17.8 Å². The van der Waals surface area contributed by atoms with E-state index in [2.05, 4.69) is 15.5 Å². The maximum absolute atomic E-state index is 12.2. The summed E-state index contributed by atoms with van der Waals surface area (Å²) in [4.78, 5) is 27.8. The molecule has 0 bridgehead atoms. The van der Waals surface area contributed by atoms with Gasteiger partial charge in [0.15, 0.2) is 5.11 Å². The minimum absolute atomic E-state index is 0.105. The Kier molecular flexibility index (Phi) is 6.60. The topological polar surface area (TPSA) is 64.7 Å². The lowest BCUT2D eigenvalue weighted by Crippen LogP contribution is -2.48. The van der Waals surface area contributed by atoms with E-state index in [1.807, 2.05) is 59.5 Å². The maximum atomic E-state index is 12.2. The van der Waals surface area contributed by atoms with Crippen LogP contribution in [0.5, 0.6) is 0 Å². The molecule has 2 amide bonds. The molecule has 1 aliphatic rings. The molecule has 1 fully saturated rings. The lowest BCUT2D eigenvalue weighted by molar-refractivity contribution is -0.129. The van der Waals surface area contributed by atoms with E-state index in [9.17, 15) is 9.59 Å². The first-order valence-electron chi connectivity index (χ1n) is 9.27. The monoisotopic (exact) mass is 396 g/mol. The van der Waals surface area contributed by atoms with Crippen molar-refractivity contribution in [2.45, 2.75) is 13.3 Å². The number of carbonyl (C=O) groups excluding carboxylic acids is 2. The number of amides is 2. The first-order chi connectivity index (χ1) is 13.5. The summed E-state index contributed by atoms with van der Waals surface area (Å²) >= 11 is 5.33. The number of benzene rings is 2. The summed E-state index contributed by atoms with van der Waals surface area (Å²) < 4.78 is 0. The number of thiocarbonyl (C=S) groups is 1. The Labute approximate surface area is 170 Å². The van der Waals surface area contributed by atoms with Crippen molar-refractivity contribution in [2.24, 2.45) is 0 Å². The third-order valence-corrected chi connectivity index (χ3v) is 4.88. The predicted octanol–water partition coefficient (Wildman–Crippen LogP) is 2.41. The zero-order valence-corrected chi connectivity index (χ0v) is 16.7. The molecule has 1 heterocycles. The van der Waals surface area contributed by atoms with Gasteiger partial charge in [-0.1, -0.05) is 42.5 Å². The fraction of sp³-hybridized carbons (Fsp3) is 0.286. The van der Waals surface area contributed by atoms with Crippen LogP contribution in [-0.2, 0) is 16.0 Å². The summed E-state index contributed by atoms with van der Waals surface area (Å²) in [6.07, 6.45) is 0.275. The highest BCUT2D eigenvalue weighted by molar-refractivity contribution is 7.80. The van der Waals surface area contributed by atoms with Crippen LogP contribution in [0.4, 0.5) is 11.4 Å². The molecule has 0 atom stereocenters. The Morgan fingerprint density at radius 2 is 1.61 bits per heavy atom. The third kappa shape index (κ3) is 5.29. The second kappa shape index (κ2) is 9.32. The number of nitrogens with one attached hydrogen (secondary N) is 2. The maximum Gasteiger partial charge on any atom is 0.230 e. The Hall–Kier alpha value is -2.93. The summed E-state index contributed by atoms with van der Waals surface area (Å²) in [5, 5.41) is 6.15. The van der Waals surface area contributed by atoms with E-state index >= 15 is 0 Å². The highest BCUT2D eigenvalue weighted by Gasteiger charge is 2.20. The molecule has 0 spiro atoms. The average Bonchev–Trinajstić information content (AvgIpc) is 2.69. The highest BCUT2D eigenvalue weighted by atomic mass is 32.1. The van der Waals surface area contributed by atoms with Gasteiger partial charge < -0.3 is 20.4 Å². The van der Waals surface area contributed by atoms with Crippen LogP contribution in [0.3, 0.4) is 0 Å². The lowest BCUT2D eigenvalue weighted by Gasteiger charge is -2.36. The fourth-order valence-electron chi connectivity index (χ4n) is 3.22. The zero-order valence-electron chi connectivity index (χ0n) is 15.9. The number of carbonyl (C=O) groups is 2. The summed E-state index contributed by atoms with van der Waals surface area (Å²) in [7, 11) is 0. The summed E-state index contributed by atoms with van der Waals surface area (Å²) in [5.41, 5.74) is 2.78. The van der Waals surface area contributed by atoms with Crippen LogP contribution in [0.2, 0.25) is 0 Å². The molecule has 7 heteroatoms. The molecule has 3 rings (SSSR count). The van der Waals surface area contributed by atoms with E-state index in [-0.39, 0.29) is 23.3 Å². The molecule has 2 aromatic carbocycles. The van der Waals surface area contributed by atoms with Gasteiger partial charge in [-0.25, -0.2) is 0 Å². The average molecular weight is 397 g/mol. The van der Waals surface area contributed by atoms with Gasteiger partial charge in [0.25, 0.3) is 0 Å². The normalized spacial score (nSPS) is 13.8. The number of hydrogen-bond acceptors (Lipinski definition) is 4. The van der Waals surface area contributed by atoms with Gasteiger partial charge in [-0.3, -0.25) is 9.59 Å². The SMILES string of the molecule is CC(=O)N1CCN(c2ccccc2NC(=S)NC(=O)Cc2ccccc2)CC1. The molecule has 2 aromatic rings. The Bertz CT molecular complexity index is 848. The first-order valence-corrected chi connectivity index (χ1v) is 9.68. The van der Waals surface area contributed by atoms with Crippen molar-refractivity contribution in [2.75, 3.05) is 36.4 Å². The number of para-hydroxylation sites is 2. The van der Waals surface area contributed by atoms with Gasteiger partial charge in [0.1, 0.15) is 0 Å². The summed E-state index contributed by atoms with van der Waals surface area (Å²) in [6.45, 7) is 4.50. The third-order valence-electron chi connectivity index (χ3n) is 4.68. The minimum atomic E-state index is -0.156. The van der Waals surface area contributed by atoms with Crippen molar-refractivity contribution in [3.63, 3.8) is 0 Å². The molecule has 6 nitrogen and oxygen atoms in total. The van der Waals surface area contributed by atoms with Crippen LogP contribution in [0.1, 0.15) is 12.5 Å². The smallest absolute Gasteiger partial charge is 0.230 e. The molecule has 0 aromatic heterocycles. The van der Waals surface area contributed by atoms with Crippen molar-refractivity contribution in [1.29, 1.82) is 0 Å². The van der Waals surface area contributed by atoms with E-state index < -0.39 is 0 Å². The van der Waals surface area contributed by atoms with Gasteiger partial charge >= 0.3 is 0 Å². The van der Waals surface area contributed by atoms with Crippen molar-refractivity contribution >= 4 is 40.5 Å². The van der Waals surface area contributed by atoms with Crippen molar-refractivity contribution in [3.05, 3.63) is 60.2 Å². The summed E-state index contributed by atoms with van der Waals surface area (Å²) in [5.74, 6) is -0.0513. The first kappa shape index (κ1) is 19.8. The molecule has 0 aliphatic carbocycles. The van der Waals surface area contributed by atoms with Crippen molar-refractivity contribution < 1.29 is 9.59 Å². The van der Waals surface area contributed by atoms with E-state index in [0.29, 0.717) is 13.1 Å². The Balaban J connectivity index is 1.59. The molecule has 0 unspecified atom stereocenters. The Morgan fingerprint density at radius 1 is 0.964 bits per heavy atom. The molecule has 1 saturated heterocycles. The van der Waals surface area contributed by atoms with Crippen LogP contribution in [0, 0.1) is 0 Å². The molecule has 1 aliphatic heterocycles. The molecular weight excluding hydrogens is 372 g/mol. The number of anilines is 2. The highest BCUT2D eigenvalue weighted by Crippen LogP contribution is 2.26. The molecule has 2 N–H and O–H groups in total. The number of nitrogens with zero attached hydrogens (tertiary/aromatic N) is 2. The zero-order chi connectivity index (χ0) is 19.9. The van der Waals surface area contributed by atoms with Crippen LogP contribution in [0.15, 0.2) is 54.6 Å². The molecule has 0 radical (unpaired) electrons. The fourth-order valence-corrected chi connectivity index (χ4v) is 3.45.